The van der Waals surface area contributed by atoms with E-state index in [-0.39, 0.29) is 36.7 Å². The molecule has 2 atom stereocenters. The predicted molar refractivity (Wildman–Crippen MR) is 95.2 cm³/mol. The highest BCUT2D eigenvalue weighted by atomic mass is 16.5. The van der Waals surface area contributed by atoms with Crippen molar-refractivity contribution in [2.45, 2.75) is 84.5 Å². The molecule has 2 aliphatic rings. The van der Waals surface area contributed by atoms with Crippen molar-refractivity contribution >= 4 is 11.9 Å². The minimum Gasteiger partial charge on any atom is -0.547 e. The Morgan fingerprint density at radius 1 is 1.42 bits per heavy atom. The number of fused-ring (bicyclic) bond motifs is 1. The Hall–Kier alpha value is -1.60. The summed E-state index contributed by atoms with van der Waals surface area (Å²) in [6.45, 7) is 12.6. The number of nitrogens with zero attached hydrogens (tertiary/aromatic N) is 1. The van der Waals surface area contributed by atoms with E-state index in [1.807, 2.05) is 6.92 Å². The van der Waals surface area contributed by atoms with Gasteiger partial charge in [0, 0.05) is 6.42 Å². The van der Waals surface area contributed by atoms with Crippen LogP contribution in [0.15, 0.2) is 11.8 Å². The van der Waals surface area contributed by atoms with Crippen molar-refractivity contribution in [3.05, 3.63) is 11.8 Å². The summed E-state index contributed by atoms with van der Waals surface area (Å²) in [6.07, 6.45) is 2.92. The number of carbonyl (C=O) groups is 2. The molecule has 7 heteroatoms. The number of hydrogen-bond acceptors (Lipinski definition) is 5. The molecule has 4 N–H and O–H groups in total. The molecular formula is C19H34N2O5. The van der Waals surface area contributed by atoms with Gasteiger partial charge in [0.2, 0.25) is 5.91 Å². The molecule has 0 aromatic rings. The maximum atomic E-state index is 11.5. The van der Waals surface area contributed by atoms with Gasteiger partial charge in [0.15, 0.2) is 6.23 Å². The van der Waals surface area contributed by atoms with Gasteiger partial charge in [0.25, 0.3) is 0 Å². The van der Waals surface area contributed by atoms with Crippen molar-refractivity contribution in [2.75, 3.05) is 6.61 Å². The van der Waals surface area contributed by atoms with Gasteiger partial charge < -0.3 is 25.5 Å². The first kappa shape index (κ1) is 22.4. The molecular weight excluding hydrogens is 336 g/mol. The van der Waals surface area contributed by atoms with Gasteiger partial charge in [-0.25, -0.2) is 0 Å². The normalized spacial score (nSPS) is 26.6. The van der Waals surface area contributed by atoms with Crippen LogP contribution in [-0.4, -0.2) is 45.8 Å². The van der Waals surface area contributed by atoms with E-state index < -0.39 is 17.7 Å². The van der Waals surface area contributed by atoms with Crippen LogP contribution < -0.4 is 10.8 Å². The Balaban J connectivity index is 0.000000321. The van der Waals surface area contributed by atoms with Crippen LogP contribution in [0.5, 0.6) is 0 Å². The van der Waals surface area contributed by atoms with E-state index in [9.17, 15) is 14.7 Å². The predicted octanol–water partition coefficient (Wildman–Crippen LogP) is 0.183. The molecule has 0 saturated carbocycles. The van der Waals surface area contributed by atoms with Crippen LogP contribution >= 0.6 is 0 Å². The summed E-state index contributed by atoms with van der Waals surface area (Å²) in [7, 11) is 0. The first-order valence-corrected chi connectivity index (χ1v) is 9.15. The second-order valence-corrected chi connectivity index (χ2v) is 9.09. The number of β-lactam (4-membered cyclic amide) rings is 1. The van der Waals surface area contributed by atoms with Gasteiger partial charge >= 0.3 is 0 Å². The van der Waals surface area contributed by atoms with Crippen LogP contribution in [0.3, 0.4) is 0 Å². The first-order valence-electron chi connectivity index (χ1n) is 9.15. The third-order valence-electron chi connectivity index (χ3n) is 4.22. The monoisotopic (exact) mass is 370 g/mol. The van der Waals surface area contributed by atoms with Crippen LogP contribution in [-0.2, 0) is 14.3 Å². The molecule has 1 unspecified atom stereocenters. The van der Waals surface area contributed by atoms with Gasteiger partial charge in [0.1, 0.15) is 11.3 Å². The Kier molecular flexibility index (Phi) is 6.87. The maximum Gasteiger partial charge on any atom is 0.232 e. The van der Waals surface area contributed by atoms with Crippen molar-refractivity contribution in [1.29, 1.82) is 0 Å². The van der Waals surface area contributed by atoms with Crippen molar-refractivity contribution < 1.29 is 30.3 Å². The second kappa shape index (κ2) is 7.96. The SMILES string of the molecule is CC(C)(C)CC(C)(C)[NH3+].CCCC1(C(=O)[O-])/C(=C/CO)O[C@@H]2CC(=O)N21. The number of aliphatic hydroxyl groups excluding tert-OH is 1. The zero-order valence-corrected chi connectivity index (χ0v) is 16.9. The fourth-order valence-electron chi connectivity index (χ4n) is 3.94. The average Bonchev–Trinajstić information content (AvgIpc) is 2.65. The van der Waals surface area contributed by atoms with E-state index >= 15 is 0 Å². The third-order valence-corrected chi connectivity index (χ3v) is 4.22. The summed E-state index contributed by atoms with van der Waals surface area (Å²) in [6, 6.07) is 0. The average molecular weight is 370 g/mol. The molecule has 150 valence electrons. The summed E-state index contributed by atoms with van der Waals surface area (Å²) in [5, 5.41) is 20.3. The number of carbonyl (C=O) groups excluding carboxylic acids is 2. The molecule has 2 fully saturated rings. The molecule has 1 amide bonds. The van der Waals surface area contributed by atoms with Gasteiger partial charge in [-0.15, -0.1) is 0 Å². The van der Waals surface area contributed by atoms with E-state index in [2.05, 4.69) is 40.4 Å². The summed E-state index contributed by atoms with van der Waals surface area (Å²) >= 11 is 0. The molecule has 0 aromatic carbocycles. The highest BCUT2D eigenvalue weighted by Gasteiger charge is 2.60. The Bertz CT molecular complexity index is 547. The van der Waals surface area contributed by atoms with E-state index in [1.165, 1.54) is 17.4 Å². The van der Waals surface area contributed by atoms with Crippen LogP contribution in [0, 0.1) is 5.41 Å². The number of carboxylic acid groups (broad SMARTS) is 1. The number of aliphatic carboxylic acids is 1. The quantitative estimate of drug-likeness (QED) is 0.670. The lowest BCUT2D eigenvalue weighted by molar-refractivity contribution is -0.470. The van der Waals surface area contributed by atoms with Crippen LogP contribution in [0.1, 0.15) is 67.2 Å². The molecule has 2 saturated heterocycles. The van der Waals surface area contributed by atoms with Gasteiger partial charge in [-0.05, 0) is 31.8 Å². The van der Waals surface area contributed by atoms with Crippen LogP contribution in [0.2, 0.25) is 0 Å². The molecule has 0 aromatic heterocycles. The fourth-order valence-corrected chi connectivity index (χ4v) is 3.94. The number of hydrogen-bond donors (Lipinski definition) is 2. The molecule has 2 heterocycles. The Morgan fingerprint density at radius 3 is 2.31 bits per heavy atom. The zero-order chi connectivity index (χ0) is 20.3. The number of ether oxygens (including phenoxy) is 1. The van der Waals surface area contributed by atoms with Crippen molar-refractivity contribution in [3.63, 3.8) is 0 Å². The topological polar surface area (TPSA) is 118 Å². The Morgan fingerprint density at radius 2 is 2.00 bits per heavy atom. The third kappa shape index (κ3) is 4.98. The number of carboxylic acids is 1. The van der Waals surface area contributed by atoms with Crippen LogP contribution in [0.25, 0.3) is 0 Å². The molecule has 0 radical (unpaired) electrons. The minimum absolute atomic E-state index is 0.123. The van der Waals surface area contributed by atoms with Crippen molar-refractivity contribution in [3.8, 4) is 0 Å². The maximum absolute atomic E-state index is 11.5. The molecule has 2 rings (SSSR count). The molecule has 0 spiro atoms. The lowest BCUT2D eigenvalue weighted by atomic mass is 9.82. The van der Waals surface area contributed by atoms with Gasteiger partial charge in [-0.3, -0.25) is 9.69 Å². The summed E-state index contributed by atoms with van der Waals surface area (Å²) in [5.74, 6) is -1.48. The molecule has 0 bridgehead atoms. The van der Waals surface area contributed by atoms with E-state index in [1.54, 1.807) is 0 Å². The summed E-state index contributed by atoms with van der Waals surface area (Å²) in [4.78, 5) is 24.2. The number of rotatable bonds is 5. The van der Waals surface area contributed by atoms with E-state index in [0.717, 1.165) is 0 Å². The highest BCUT2D eigenvalue weighted by molar-refractivity contribution is 5.93. The standard InChI is InChI=1S/C11H15NO5.C8H19N/c1-2-4-11(10(15)16)7(3-5-13)17-9-6-8(14)12(9)11;1-7(2,3)6-8(4,5)9/h3,9,13H,2,4-6H2,1H3,(H,15,16);6,9H2,1-5H3/b7-3-;/t9-,11?;/m1./s1. The van der Waals surface area contributed by atoms with Crippen molar-refractivity contribution in [1.82, 2.24) is 4.90 Å². The van der Waals surface area contributed by atoms with Crippen LogP contribution in [0.4, 0.5) is 0 Å². The van der Waals surface area contributed by atoms with E-state index in [4.69, 9.17) is 9.84 Å². The van der Waals surface area contributed by atoms with Gasteiger partial charge in [0.05, 0.1) is 24.5 Å². The Labute approximate surface area is 156 Å². The summed E-state index contributed by atoms with van der Waals surface area (Å²) < 4.78 is 5.39. The molecule has 0 aliphatic carbocycles. The fraction of sp³-hybridized carbons (Fsp3) is 0.789. The van der Waals surface area contributed by atoms with Gasteiger partial charge in [-0.2, -0.15) is 0 Å². The second-order valence-electron chi connectivity index (χ2n) is 9.09. The molecule has 2 aliphatic heterocycles. The minimum atomic E-state index is -1.53. The van der Waals surface area contributed by atoms with E-state index in [0.29, 0.717) is 11.8 Å². The molecule has 26 heavy (non-hydrogen) atoms. The first-order chi connectivity index (χ1) is 11.8. The van der Waals surface area contributed by atoms with Gasteiger partial charge in [-0.1, -0.05) is 34.1 Å². The number of quaternary nitrogens is 1. The number of aliphatic hydroxyl groups is 1. The lowest BCUT2D eigenvalue weighted by Gasteiger charge is -2.43. The smallest absolute Gasteiger partial charge is 0.232 e. The van der Waals surface area contributed by atoms with Crippen molar-refractivity contribution in [2.24, 2.45) is 5.41 Å². The highest BCUT2D eigenvalue weighted by Crippen LogP contribution is 2.46. The number of amides is 1. The largest absolute Gasteiger partial charge is 0.547 e. The zero-order valence-electron chi connectivity index (χ0n) is 16.9. The lowest BCUT2D eigenvalue weighted by Crippen LogP contribution is -2.70. The summed E-state index contributed by atoms with van der Waals surface area (Å²) in [5.41, 5.74) is 3.18. The molecule has 7 nitrogen and oxygen atoms in total.